The smallest absolute Gasteiger partial charge is 0.151 e. The van der Waals surface area contributed by atoms with Crippen LogP contribution in [0.4, 0.5) is 5.82 Å². The number of rotatable bonds is 11. The summed E-state index contributed by atoms with van der Waals surface area (Å²) in [4.78, 5) is 2.16. The SMILES string of the molecule is CCCNCc1ccc(N(CCOC)C(C)COC)nn1. The van der Waals surface area contributed by atoms with E-state index in [0.29, 0.717) is 13.2 Å². The fourth-order valence-electron chi connectivity index (χ4n) is 2.08. The first-order chi connectivity index (χ1) is 10.2. The van der Waals surface area contributed by atoms with E-state index in [1.807, 2.05) is 12.1 Å². The molecular formula is C15H28N4O2. The van der Waals surface area contributed by atoms with Crippen LogP contribution in [0.25, 0.3) is 0 Å². The van der Waals surface area contributed by atoms with E-state index < -0.39 is 0 Å². The fourth-order valence-corrected chi connectivity index (χ4v) is 2.08. The van der Waals surface area contributed by atoms with E-state index in [1.54, 1.807) is 14.2 Å². The highest BCUT2D eigenvalue weighted by Gasteiger charge is 2.16. The van der Waals surface area contributed by atoms with Gasteiger partial charge in [0, 0.05) is 27.3 Å². The topological polar surface area (TPSA) is 59.5 Å². The molecule has 1 aromatic rings. The predicted molar refractivity (Wildman–Crippen MR) is 84.6 cm³/mol. The van der Waals surface area contributed by atoms with E-state index in [2.05, 4.69) is 34.3 Å². The van der Waals surface area contributed by atoms with Gasteiger partial charge < -0.3 is 19.7 Å². The van der Waals surface area contributed by atoms with Crippen molar-refractivity contribution in [1.82, 2.24) is 15.5 Å². The summed E-state index contributed by atoms with van der Waals surface area (Å²) in [5.41, 5.74) is 0.957. The highest BCUT2D eigenvalue weighted by Crippen LogP contribution is 2.13. The summed E-state index contributed by atoms with van der Waals surface area (Å²) in [5, 5.41) is 11.9. The van der Waals surface area contributed by atoms with Gasteiger partial charge in [-0.15, -0.1) is 5.10 Å². The number of ether oxygens (including phenoxy) is 2. The van der Waals surface area contributed by atoms with Crippen LogP contribution in [-0.4, -0.2) is 56.8 Å². The molecule has 1 aromatic heterocycles. The van der Waals surface area contributed by atoms with Crippen molar-refractivity contribution in [2.45, 2.75) is 32.9 Å². The van der Waals surface area contributed by atoms with Gasteiger partial charge >= 0.3 is 0 Å². The molecule has 0 aliphatic rings. The Morgan fingerprint density at radius 3 is 2.62 bits per heavy atom. The van der Waals surface area contributed by atoms with Crippen molar-refractivity contribution >= 4 is 5.82 Å². The first-order valence-electron chi connectivity index (χ1n) is 7.50. The lowest BCUT2D eigenvalue weighted by molar-refractivity contribution is 0.170. The second kappa shape index (κ2) is 10.5. The number of aromatic nitrogens is 2. The Hall–Kier alpha value is -1.24. The van der Waals surface area contributed by atoms with Crippen molar-refractivity contribution in [2.75, 3.05) is 45.4 Å². The maximum absolute atomic E-state index is 5.23. The fraction of sp³-hybridized carbons (Fsp3) is 0.733. The molecule has 21 heavy (non-hydrogen) atoms. The molecule has 0 bridgehead atoms. The summed E-state index contributed by atoms with van der Waals surface area (Å²) in [5.74, 6) is 0.857. The summed E-state index contributed by atoms with van der Waals surface area (Å²) >= 11 is 0. The minimum absolute atomic E-state index is 0.225. The van der Waals surface area contributed by atoms with Crippen LogP contribution in [0, 0.1) is 0 Å². The molecule has 6 heteroatoms. The standard InChI is InChI=1S/C15H28N4O2/c1-5-8-16-11-14-6-7-15(18-17-14)19(9-10-20-3)13(2)12-21-4/h6-7,13,16H,5,8-12H2,1-4H3. The molecule has 0 aromatic carbocycles. The van der Waals surface area contributed by atoms with Crippen molar-refractivity contribution in [3.05, 3.63) is 17.8 Å². The van der Waals surface area contributed by atoms with Crippen molar-refractivity contribution < 1.29 is 9.47 Å². The van der Waals surface area contributed by atoms with Gasteiger partial charge in [0.2, 0.25) is 0 Å². The van der Waals surface area contributed by atoms with Crippen molar-refractivity contribution in [3.63, 3.8) is 0 Å². The molecule has 6 nitrogen and oxygen atoms in total. The van der Waals surface area contributed by atoms with Crippen LogP contribution < -0.4 is 10.2 Å². The molecule has 1 atom stereocenters. The Balaban J connectivity index is 2.68. The Labute approximate surface area is 127 Å². The second-order valence-corrected chi connectivity index (χ2v) is 5.05. The van der Waals surface area contributed by atoms with E-state index in [-0.39, 0.29) is 6.04 Å². The van der Waals surface area contributed by atoms with Crippen LogP contribution in [0.2, 0.25) is 0 Å². The third-order valence-electron chi connectivity index (χ3n) is 3.21. The van der Waals surface area contributed by atoms with Gasteiger partial charge in [-0.3, -0.25) is 0 Å². The van der Waals surface area contributed by atoms with Gasteiger partial charge in [0.05, 0.1) is 24.9 Å². The zero-order valence-corrected chi connectivity index (χ0v) is 13.6. The minimum atomic E-state index is 0.225. The van der Waals surface area contributed by atoms with Gasteiger partial charge in [0.25, 0.3) is 0 Å². The molecule has 1 unspecified atom stereocenters. The van der Waals surface area contributed by atoms with E-state index in [1.165, 1.54) is 0 Å². The maximum atomic E-state index is 5.23. The molecule has 0 aliphatic carbocycles. The highest BCUT2D eigenvalue weighted by atomic mass is 16.5. The summed E-state index contributed by atoms with van der Waals surface area (Å²) < 4.78 is 10.4. The van der Waals surface area contributed by atoms with Crippen LogP contribution in [0.1, 0.15) is 26.0 Å². The lowest BCUT2D eigenvalue weighted by Gasteiger charge is -2.29. The van der Waals surface area contributed by atoms with Crippen LogP contribution in [-0.2, 0) is 16.0 Å². The van der Waals surface area contributed by atoms with E-state index >= 15 is 0 Å². The zero-order chi connectivity index (χ0) is 15.5. The summed E-state index contributed by atoms with van der Waals surface area (Å²) in [7, 11) is 3.41. The molecule has 0 fully saturated rings. The molecule has 0 amide bonds. The van der Waals surface area contributed by atoms with E-state index in [9.17, 15) is 0 Å². The number of nitrogens with zero attached hydrogens (tertiary/aromatic N) is 3. The molecule has 0 radical (unpaired) electrons. The molecule has 1 rings (SSSR count). The molecule has 120 valence electrons. The Kier molecular flexibility index (Phi) is 8.89. The van der Waals surface area contributed by atoms with Crippen LogP contribution in [0.15, 0.2) is 12.1 Å². The average Bonchev–Trinajstić information content (AvgIpc) is 2.49. The molecule has 0 spiro atoms. The van der Waals surface area contributed by atoms with Gasteiger partial charge in [0.1, 0.15) is 0 Å². The Morgan fingerprint density at radius 2 is 2.05 bits per heavy atom. The van der Waals surface area contributed by atoms with E-state index in [4.69, 9.17) is 9.47 Å². The third-order valence-corrected chi connectivity index (χ3v) is 3.21. The molecule has 0 aliphatic heterocycles. The van der Waals surface area contributed by atoms with Gasteiger partial charge in [-0.1, -0.05) is 6.92 Å². The van der Waals surface area contributed by atoms with Crippen LogP contribution in [0.5, 0.6) is 0 Å². The third kappa shape index (κ3) is 6.37. The molecule has 0 saturated heterocycles. The number of anilines is 1. The number of hydrogen-bond donors (Lipinski definition) is 1. The lowest BCUT2D eigenvalue weighted by Crippen LogP contribution is -2.39. The zero-order valence-electron chi connectivity index (χ0n) is 13.6. The number of hydrogen-bond acceptors (Lipinski definition) is 6. The Bertz CT molecular complexity index is 372. The van der Waals surface area contributed by atoms with Crippen molar-refractivity contribution in [3.8, 4) is 0 Å². The second-order valence-electron chi connectivity index (χ2n) is 5.05. The van der Waals surface area contributed by atoms with Gasteiger partial charge in [0.15, 0.2) is 5.82 Å². The van der Waals surface area contributed by atoms with Crippen molar-refractivity contribution in [1.29, 1.82) is 0 Å². The van der Waals surface area contributed by atoms with Gasteiger partial charge in [-0.25, -0.2) is 0 Å². The number of methoxy groups -OCH3 is 2. The first kappa shape index (κ1) is 17.8. The van der Waals surface area contributed by atoms with Crippen LogP contribution >= 0.6 is 0 Å². The van der Waals surface area contributed by atoms with Gasteiger partial charge in [-0.2, -0.15) is 5.10 Å². The predicted octanol–water partition coefficient (Wildman–Crippen LogP) is 1.46. The van der Waals surface area contributed by atoms with Crippen LogP contribution in [0.3, 0.4) is 0 Å². The first-order valence-corrected chi connectivity index (χ1v) is 7.50. The van der Waals surface area contributed by atoms with E-state index in [0.717, 1.165) is 37.6 Å². The quantitative estimate of drug-likeness (QED) is 0.624. The largest absolute Gasteiger partial charge is 0.383 e. The lowest BCUT2D eigenvalue weighted by atomic mass is 10.2. The monoisotopic (exact) mass is 296 g/mol. The summed E-state index contributed by atoms with van der Waals surface area (Å²) in [6, 6.07) is 4.26. The minimum Gasteiger partial charge on any atom is -0.383 e. The molecule has 0 saturated carbocycles. The molecule has 1 heterocycles. The van der Waals surface area contributed by atoms with Crippen molar-refractivity contribution in [2.24, 2.45) is 0 Å². The van der Waals surface area contributed by atoms with Gasteiger partial charge in [-0.05, 0) is 32.0 Å². The maximum Gasteiger partial charge on any atom is 0.151 e. The molecule has 1 N–H and O–H groups in total. The summed E-state index contributed by atoms with van der Waals surface area (Å²) in [6.45, 7) is 8.06. The highest BCUT2D eigenvalue weighted by molar-refractivity contribution is 5.38. The summed E-state index contributed by atoms with van der Waals surface area (Å²) in [6.07, 6.45) is 1.12. The number of nitrogens with one attached hydrogen (secondary N) is 1. The normalized spacial score (nSPS) is 12.4. The molecular weight excluding hydrogens is 268 g/mol. The Morgan fingerprint density at radius 1 is 1.24 bits per heavy atom. The average molecular weight is 296 g/mol.